The smallest absolute Gasteiger partial charge is 0.276 e. The third-order valence-electron chi connectivity index (χ3n) is 4.19. The van der Waals surface area contributed by atoms with E-state index in [2.05, 4.69) is 10.4 Å². The lowest BCUT2D eigenvalue weighted by molar-refractivity contribution is -0.124. The Balaban J connectivity index is 1.82. The number of aromatic nitrogens is 2. The summed E-state index contributed by atoms with van der Waals surface area (Å²) in [5.41, 5.74) is 1.47. The topological polar surface area (TPSA) is 50.2 Å². The zero-order valence-electron chi connectivity index (χ0n) is 12.2. The lowest BCUT2D eigenvalue weighted by Gasteiger charge is -2.29. The van der Waals surface area contributed by atoms with Gasteiger partial charge in [0.25, 0.3) is 5.91 Å². The number of carbonyl (C=O) groups excluding carboxylic acids is 1. The Kier molecular flexibility index (Phi) is 4.05. The molecule has 0 aromatic carbocycles. The van der Waals surface area contributed by atoms with Crippen molar-refractivity contribution in [2.75, 3.05) is 0 Å². The zero-order valence-corrected chi connectivity index (χ0v) is 13.0. The molecule has 2 aliphatic rings. The summed E-state index contributed by atoms with van der Waals surface area (Å²) in [4.78, 5) is 14.4. The van der Waals surface area contributed by atoms with Crippen LogP contribution in [0.5, 0.6) is 0 Å². The van der Waals surface area contributed by atoms with Crippen LogP contribution in [-0.4, -0.2) is 31.7 Å². The van der Waals surface area contributed by atoms with E-state index in [1.54, 1.807) is 11.1 Å². The van der Waals surface area contributed by atoms with Crippen molar-refractivity contribution in [1.82, 2.24) is 20.0 Å². The molecule has 2 fully saturated rings. The summed E-state index contributed by atoms with van der Waals surface area (Å²) in [6, 6.07) is 2.16. The standard InChI is InChI=1S/C15H20N4OS/c1-2-18-12(8-9-16-18)10-13-14(20)19(15(21)17-13)11-6-4-3-5-7-11/h8-11H,2-7H2,1H3,(H,17,21)/b13-10+. The number of nitrogens with one attached hydrogen (secondary N) is 1. The predicted octanol–water partition coefficient (Wildman–Crippen LogP) is 2.29. The highest BCUT2D eigenvalue weighted by Gasteiger charge is 2.36. The number of amides is 1. The molecule has 1 saturated heterocycles. The highest BCUT2D eigenvalue weighted by Crippen LogP contribution is 2.26. The van der Waals surface area contributed by atoms with Gasteiger partial charge in [-0.25, -0.2) is 0 Å². The number of aryl methyl sites for hydroxylation is 1. The third kappa shape index (κ3) is 2.72. The van der Waals surface area contributed by atoms with Gasteiger partial charge in [-0.2, -0.15) is 5.10 Å². The highest BCUT2D eigenvalue weighted by molar-refractivity contribution is 7.80. The first kappa shape index (κ1) is 14.3. The average Bonchev–Trinajstić information content (AvgIpc) is 3.05. The van der Waals surface area contributed by atoms with E-state index < -0.39 is 0 Å². The molecule has 1 aromatic rings. The van der Waals surface area contributed by atoms with Crippen LogP contribution in [-0.2, 0) is 11.3 Å². The fourth-order valence-corrected chi connectivity index (χ4v) is 3.44. The highest BCUT2D eigenvalue weighted by atomic mass is 32.1. The van der Waals surface area contributed by atoms with E-state index in [1.165, 1.54) is 19.3 Å². The number of hydrogen-bond acceptors (Lipinski definition) is 3. The Hall–Kier alpha value is -1.69. The predicted molar refractivity (Wildman–Crippen MR) is 85.3 cm³/mol. The molecule has 0 radical (unpaired) electrons. The summed E-state index contributed by atoms with van der Waals surface area (Å²) < 4.78 is 1.86. The van der Waals surface area contributed by atoms with Crippen LogP contribution >= 0.6 is 12.2 Å². The Morgan fingerprint density at radius 1 is 1.43 bits per heavy atom. The van der Waals surface area contributed by atoms with E-state index in [4.69, 9.17) is 12.2 Å². The van der Waals surface area contributed by atoms with Crippen LogP contribution in [0.2, 0.25) is 0 Å². The average molecular weight is 304 g/mol. The molecule has 1 aliphatic carbocycles. The largest absolute Gasteiger partial charge is 0.328 e. The lowest BCUT2D eigenvalue weighted by atomic mass is 9.94. The van der Waals surface area contributed by atoms with E-state index in [9.17, 15) is 4.79 Å². The van der Waals surface area contributed by atoms with Crippen LogP contribution in [0.4, 0.5) is 0 Å². The minimum atomic E-state index is -0.00393. The first-order valence-corrected chi connectivity index (χ1v) is 7.99. The van der Waals surface area contributed by atoms with E-state index >= 15 is 0 Å². The van der Waals surface area contributed by atoms with Gasteiger partial charge in [-0.1, -0.05) is 19.3 Å². The fourth-order valence-electron chi connectivity index (χ4n) is 3.10. The minimum absolute atomic E-state index is 0.00393. The Morgan fingerprint density at radius 2 is 2.19 bits per heavy atom. The number of nitrogens with zero attached hydrogens (tertiary/aromatic N) is 3. The Morgan fingerprint density at radius 3 is 2.90 bits per heavy atom. The molecule has 1 aliphatic heterocycles. The van der Waals surface area contributed by atoms with Gasteiger partial charge in [0.05, 0.1) is 5.69 Å². The molecule has 0 bridgehead atoms. The molecule has 0 atom stereocenters. The molecule has 1 saturated carbocycles. The molecule has 6 heteroatoms. The van der Waals surface area contributed by atoms with Crippen molar-refractivity contribution < 1.29 is 4.79 Å². The second kappa shape index (κ2) is 5.97. The molecular weight excluding hydrogens is 284 g/mol. The molecule has 5 nitrogen and oxygen atoms in total. The molecular formula is C15H20N4OS. The van der Waals surface area contributed by atoms with Gasteiger partial charge >= 0.3 is 0 Å². The van der Waals surface area contributed by atoms with Gasteiger partial charge in [-0.3, -0.25) is 14.4 Å². The van der Waals surface area contributed by atoms with Gasteiger partial charge in [0.1, 0.15) is 5.70 Å². The van der Waals surface area contributed by atoms with Gasteiger partial charge in [0, 0.05) is 18.8 Å². The lowest BCUT2D eigenvalue weighted by Crippen LogP contribution is -2.41. The second-order valence-electron chi connectivity index (χ2n) is 5.53. The first-order valence-electron chi connectivity index (χ1n) is 7.58. The number of hydrogen-bond donors (Lipinski definition) is 1. The van der Waals surface area contributed by atoms with Crippen LogP contribution in [0.15, 0.2) is 18.0 Å². The molecule has 112 valence electrons. The van der Waals surface area contributed by atoms with E-state index in [1.807, 2.05) is 23.7 Å². The van der Waals surface area contributed by atoms with E-state index in [0.29, 0.717) is 10.8 Å². The van der Waals surface area contributed by atoms with Gasteiger partial charge < -0.3 is 5.32 Å². The molecule has 1 aromatic heterocycles. The Bertz CT molecular complexity index is 586. The number of carbonyl (C=O) groups is 1. The van der Waals surface area contributed by atoms with E-state index in [0.717, 1.165) is 25.1 Å². The molecule has 1 amide bonds. The normalized spacial score (nSPS) is 22.1. The molecule has 2 heterocycles. The summed E-state index contributed by atoms with van der Waals surface area (Å²) in [6.07, 6.45) is 9.30. The number of thiocarbonyl (C=S) groups is 1. The maximum Gasteiger partial charge on any atom is 0.276 e. The first-order chi connectivity index (χ1) is 10.2. The van der Waals surface area contributed by atoms with E-state index in [-0.39, 0.29) is 11.9 Å². The summed E-state index contributed by atoms with van der Waals surface area (Å²) in [5.74, 6) is -0.00393. The van der Waals surface area contributed by atoms with Crippen LogP contribution in [0.1, 0.15) is 44.7 Å². The van der Waals surface area contributed by atoms with Crippen molar-refractivity contribution in [3.05, 3.63) is 23.7 Å². The van der Waals surface area contributed by atoms with Gasteiger partial charge in [0.2, 0.25) is 0 Å². The van der Waals surface area contributed by atoms with Crippen molar-refractivity contribution in [1.29, 1.82) is 0 Å². The quantitative estimate of drug-likeness (QED) is 0.687. The van der Waals surface area contributed by atoms with Crippen LogP contribution in [0.25, 0.3) is 6.08 Å². The molecule has 0 spiro atoms. The summed E-state index contributed by atoms with van der Waals surface area (Å²) in [5, 5.41) is 7.83. The van der Waals surface area contributed by atoms with Crippen molar-refractivity contribution in [2.24, 2.45) is 0 Å². The maximum absolute atomic E-state index is 12.6. The SMILES string of the molecule is CCn1nccc1/C=C1/NC(=S)N(C2CCCCC2)C1=O. The van der Waals surface area contributed by atoms with Gasteiger partial charge in [-0.05, 0) is 44.1 Å². The van der Waals surface area contributed by atoms with Crippen molar-refractivity contribution in [3.8, 4) is 0 Å². The summed E-state index contributed by atoms with van der Waals surface area (Å²) >= 11 is 5.36. The van der Waals surface area contributed by atoms with Crippen molar-refractivity contribution in [3.63, 3.8) is 0 Å². The molecule has 21 heavy (non-hydrogen) atoms. The van der Waals surface area contributed by atoms with Crippen LogP contribution in [0.3, 0.4) is 0 Å². The summed E-state index contributed by atoms with van der Waals surface area (Å²) in [6.45, 7) is 2.80. The van der Waals surface area contributed by atoms with Crippen LogP contribution in [0, 0.1) is 0 Å². The van der Waals surface area contributed by atoms with Gasteiger partial charge in [0.15, 0.2) is 5.11 Å². The number of rotatable bonds is 3. The van der Waals surface area contributed by atoms with Gasteiger partial charge in [-0.15, -0.1) is 0 Å². The third-order valence-corrected chi connectivity index (χ3v) is 4.49. The fraction of sp³-hybridized carbons (Fsp3) is 0.533. The van der Waals surface area contributed by atoms with Crippen LogP contribution < -0.4 is 5.32 Å². The minimum Gasteiger partial charge on any atom is -0.328 e. The molecule has 0 unspecified atom stereocenters. The monoisotopic (exact) mass is 304 g/mol. The molecule has 1 N–H and O–H groups in total. The second-order valence-corrected chi connectivity index (χ2v) is 5.91. The maximum atomic E-state index is 12.6. The van der Waals surface area contributed by atoms with Crippen molar-refractivity contribution >= 4 is 29.3 Å². The Labute approximate surface area is 130 Å². The summed E-state index contributed by atoms with van der Waals surface area (Å²) in [7, 11) is 0. The molecule has 3 rings (SSSR count). The van der Waals surface area contributed by atoms with Crippen molar-refractivity contribution in [2.45, 2.75) is 51.6 Å². The zero-order chi connectivity index (χ0) is 14.8.